The molecule has 3 heterocycles. The first-order valence-electron chi connectivity index (χ1n) is 13.8. The van der Waals surface area contributed by atoms with E-state index in [0.29, 0.717) is 18.1 Å². The van der Waals surface area contributed by atoms with Crippen LogP contribution in [0.15, 0.2) is 24.3 Å². The third-order valence-corrected chi connectivity index (χ3v) is 8.15. The first kappa shape index (κ1) is 25.5. The molecule has 1 aromatic carbocycles. The summed E-state index contributed by atoms with van der Waals surface area (Å²) in [5.74, 6) is 2.19. The Morgan fingerprint density at radius 1 is 1.05 bits per heavy atom. The number of nitrogens with zero attached hydrogens (tertiary/aromatic N) is 3. The van der Waals surface area contributed by atoms with Crippen LogP contribution in [0.25, 0.3) is 11.3 Å². The van der Waals surface area contributed by atoms with Gasteiger partial charge in [-0.2, -0.15) is 0 Å². The summed E-state index contributed by atoms with van der Waals surface area (Å²) in [7, 11) is 0. The number of benzene rings is 1. The first-order valence-corrected chi connectivity index (χ1v) is 13.8. The lowest BCUT2D eigenvalue weighted by Crippen LogP contribution is -2.53. The average molecular weight is 507 g/mol. The predicted molar refractivity (Wildman–Crippen MR) is 140 cm³/mol. The van der Waals surface area contributed by atoms with Crippen LogP contribution in [0.4, 0.5) is 0 Å². The summed E-state index contributed by atoms with van der Waals surface area (Å²) >= 11 is 0. The van der Waals surface area contributed by atoms with E-state index in [0.717, 1.165) is 67.6 Å². The van der Waals surface area contributed by atoms with Gasteiger partial charge in [-0.3, -0.25) is 9.59 Å². The van der Waals surface area contributed by atoms with Crippen molar-refractivity contribution in [2.75, 3.05) is 13.3 Å². The van der Waals surface area contributed by atoms with Crippen LogP contribution >= 0.6 is 0 Å². The maximum Gasteiger partial charge on any atom is 0.246 e. The normalized spacial score (nSPS) is 21.1. The Kier molecular flexibility index (Phi) is 7.63. The standard InChI is InChI=1S/C29H38N4O4/c1-4-18(2)28(34)32-27(20-9-6-5-7-10-20)29(35)33-14-8-11-24(33)23-16-22(30-19(3)31-23)21-12-13-25-26(15-21)37-17-36-25/h12-13,15-16,18,20,24,27H,4-11,14,17H2,1-3H3,(H,32,34). The summed E-state index contributed by atoms with van der Waals surface area (Å²) < 4.78 is 11.0. The number of carbonyl (C=O) groups is 2. The SMILES string of the molecule is CCC(C)C(=O)NC(C(=O)N1CCCC1c1cc(-c2ccc3c(c2)OCO3)nc(C)n1)C1CCCCC1. The molecule has 3 aliphatic rings. The number of nitrogens with one attached hydrogen (secondary N) is 1. The van der Waals surface area contributed by atoms with E-state index in [1.54, 1.807) is 0 Å². The number of aromatic nitrogens is 2. The lowest BCUT2D eigenvalue weighted by atomic mass is 9.83. The highest BCUT2D eigenvalue weighted by Crippen LogP contribution is 2.38. The zero-order valence-electron chi connectivity index (χ0n) is 22.2. The van der Waals surface area contributed by atoms with Crippen LogP contribution in [0.1, 0.15) is 82.8 Å². The van der Waals surface area contributed by atoms with Gasteiger partial charge in [-0.05, 0) is 69.2 Å². The number of amides is 2. The second-order valence-corrected chi connectivity index (χ2v) is 10.7. The van der Waals surface area contributed by atoms with Crippen molar-refractivity contribution in [2.45, 2.75) is 84.2 Å². The van der Waals surface area contributed by atoms with Gasteiger partial charge in [0.15, 0.2) is 11.5 Å². The lowest BCUT2D eigenvalue weighted by molar-refractivity contribution is -0.140. The minimum Gasteiger partial charge on any atom is -0.454 e. The Morgan fingerprint density at radius 3 is 2.62 bits per heavy atom. The molecule has 8 nitrogen and oxygen atoms in total. The van der Waals surface area contributed by atoms with Crippen molar-refractivity contribution in [2.24, 2.45) is 11.8 Å². The van der Waals surface area contributed by atoms with E-state index in [1.165, 1.54) is 6.42 Å². The monoisotopic (exact) mass is 506 g/mol. The number of aryl methyl sites for hydroxylation is 1. The third kappa shape index (κ3) is 5.43. The molecule has 3 unspecified atom stereocenters. The van der Waals surface area contributed by atoms with Crippen molar-refractivity contribution in [1.82, 2.24) is 20.2 Å². The van der Waals surface area contributed by atoms with Crippen LogP contribution in [0.3, 0.4) is 0 Å². The molecular formula is C29H38N4O4. The second kappa shape index (κ2) is 11.1. The molecule has 1 saturated carbocycles. The maximum absolute atomic E-state index is 14.1. The topological polar surface area (TPSA) is 93.7 Å². The molecule has 37 heavy (non-hydrogen) atoms. The predicted octanol–water partition coefficient (Wildman–Crippen LogP) is 4.96. The van der Waals surface area contributed by atoms with Crippen LogP contribution in [-0.4, -0.2) is 46.1 Å². The number of ether oxygens (including phenoxy) is 2. The molecule has 8 heteroatoms. The van der Waals surface area contributed by atoms with Crippen molar-refractivity contribution in [3.63, 3.8) is 0 Å². The molecular weight excluding hydrogens is 468 g/mol. The highest BCUT2D eigenvalue weighted by Gasteiger charge is 2.39. The molecule has 0 spiro atoms. The van der Waals surface area contributed by atoms with E-state index in [2.05, 4.69) is 10.3 Å². The maximum atomic E-state index is 14.1. The van der Waals surface area contributed by atoms with E-state index in [-0.39, 0.29) is 36.5 Å². The Hall–Kier alpha value is -3.16. The zero-order valence-corrected chi connectivity index (χ0v) is 22.2. The van der Waals surface area contributed by atoms with E-state index < -0.39 is 6.04 Å². The van der Waals surface area contributed by atoms with Gasteiger partial charge in [0.2, 0.25) is 18.6 Å². The van der Waals surface area contributed by atoms with Crippen molar-refractivity contribution in [1.29, 1.82) is 0 Å². The summed E-state index contributed by atoms with van der Waals surface area (Å²) in [6.45, 7) is 6.72. The summed E-state index contributed by atoms with van der Waals surface area (Å²) in [5.41, 5.74) is 2.57. The number of likely N-dealkylation sites (tertiary alicyclic amines) is 1. The largest absolute Gasteiger partial charge is 0.454 e. The molecule has 2 aliphatic heterocycles. The van der Waals surface area contributed by atoms with E-state index in [4.69, 9.17) is 14.5 Å². The molecule has 1 saturated heterocycles. The van der Waals surface area contributed by atoms with Gasteiger partial charge in [0.05, 0.1) is 17.4 Å². The van der Waals surface area contributed by atoms with Gasteiger partial charge >= 0.3 is 0 Å². The summed E-state index contributed by atoms with van der Waals surface area (Å²) in [4.78, 5) is 38.4. The van der Waals surface area contributed by atoms with E-state index in [1.807, 2.05) is 49.9 Å². The number of rotatable bonds is 7. The second-order valence-electron chi connectivity index (χ2n) is 10.7. The highest BCUT2D eigenvalue weighted by molar-refractivity contribution is 5.89. The molecule has 5 rings (SSSR count). The Balaban J connectivity index is 1.41. The fourth-order valence-electron chi connectivity index (χ4n) is 5.81. The molecule has 2 amide bonds. The first-order chi connectivity index (χ1) is 17.9. The lowest BCUT2D eigenvalue weighted by Gasteiger charge is -2.35. The fraction of sp³-hybridized carbons (Fsp3) is 0.586. The van der Waals surface area contributed by atoms with Gasteiger partial charge < -0.3 is 19.7 Å². The molecule has 1 N–H and O–H groups in total. The zero-order chi connectivity index (χ0) is 25.9. The van der Waals surface area contributed by atoms with Crippen LogP contribution in [-0.2, 0) is 9.59 Å². The van der Waals surface area contributed by atoms with Gasteiger partial charge in [-0.15, -0.1) is 0 Å². The van der Waals surface area contributed by atoms with Gasteiger partial charge in [0, 0.05) is 18.0 Å². The Bertz CT molecular complexity index is 1150. The van der Waals surface area contributed by atoms with Crippen LogP contribution in [0.2, 0.25) is 0 Å². The number of fused-ring (bicyclic) bond motifs is 1. The minimum atomic E-state index is -0.473. The molecule has 2 aromatic rings. The van der Waals surface area contributed by atoms with Gasteiger partial charge in [0.25, 0.3) is 0 Å². The van der Waals surface area contributed by atoms with Crippen molar-refractivity contribution in [3.05, 3.63) is 35.8 Å². The Labute approximate surface area is 219 Å². The molecule has 2 fully saturated rings. The minimum absolute atomic E-state index is 0.0230. The van der Waals surface area contributed by atoms with Crippen molar-refractivity contribution in [3.8, 4) is 22.8 Å². The van der Waals surface area contributed by atoms with Gasteiger partial charge in [-0.25, -0.2) is 9.97 Å². The van der Waals surface area contributed by atoms with Crippen LogP contribution < -0.4 is 14.8 Å². The number of hydrogen-bond donors (Lipinski definition) is 1. The molecule has 1 aromatic heterocycles. The number of hydrogen-bond acceptors (Lipinski definition) is 6. The van der Waals surface area contributed by atoms with E-state index >= 15 is 0 Å². The van der Waals surface area contributed by atoms with Gasteiger partial charge in [-0.1, -0.05) is 33.1 Å². The highest BCUT2D eigenvalue weighted by atomic mass is 16.7. The van der Waals surface area contributed by atoms with Crippen molar-refractivity contribution < 1.29 is 19.1 Å². The molecule has 1 aliphatic carbocycles. The third-order valence-electron chi connectivity index (χ3n) is 8.15. The van der Waals surface area contributed by atoms with E-state index in [9.17, 15) is 9.59 Å². The quantitative estimate of drug-likeness (QED) is 0.571. The summed E-state index contributed by atoms with van der Waals surface area (Å²) in [6.07, 6.45) is 7.91. The van der Waals surface area contributed by atoms with Crippen LogP contribution in [0.5, 0.6) is 11.5 Å². The van der Waals surface area contributed by atoms with Crippen LogP contribution in [0, 0.1) is 18.8 Å². The van der Waals surface area contributed by atoms with Gasteiger partial charge in [0.1, 0.15) is 11.9 Å². The molecule has 0 radical (unpaired) electrons. The number of carbonyl (C=O) groups excluding carboxylic acids is 2. The Morgan fingerprint density at radius 2 is 1.84 bits per heavy atom. The molecule has 0 bridgehead atoms. The fourth-order valence-corrected chi connectivity index (χ4v) is 5.81. The average Bonchev–Trinajstić information content (AvgIpc) is 3.60. The summed E-state index contributed by atoms with van der Waals surface area (Å²) in [5, 5.41) is 3.17. The smallest absolute Gasteiger partial charge is 0.246 e. The molecule has 198 valence electrons. The summed E-state index contributed by atoms with van der Waals surface area (Å²) in [6, 6.07) is 7.20. The molecule has 3 atom stereocenters. The van der Waals surface area contributed by atoms with Crippen molar-refractivity contribution >= 4 is 11.8 Å².